The Bertz CT molecular complexity index is 503. The van der Waals surface area contributed by atoms with E-state index in [1.165, 1.54) is 11.1 Å². The molecule has 0 bridgehead atoms. The molecule has 1 aromatic heterocycles. The summed E-state index contributed by atoms with van der Waals surface area (Å²) in [6, 6.07) is 8.59. The zero-order chi connectivity index (χ0) is 13.0. The highest BCUT2D eigenvalue weighted by Crippen LogP contribution is 2.03. The number of ether oxygens (including phenoxy) is 1. The van der Waals surface area contributed by atoms with Crippen molar-refractivity contribution in [3.8, 4) is 0 Å². The third kappa shape index (κ3) is 3.70. The predicted octanol–water partition coefficient (Wildman–Crippen LogP) is 2.51. The van der Waals surface area contributed by atoms with Crippen molar-refractivity contribution in [2.45, 2.75) is 40.2 Å². The Kier molecular flexibility index (Phi) is 4.15. The van der Waals surface area contributed by atoms with E-state index < -0.39 is 0 Å². The van der Waals surface area contributed by atoms with E-state index in [9.17, 15) is 0 Å². The quantitative estimate of drug-likeness (QED) is 0.740. The van der Waals surface area contributed by atoms with E-state index in [1.54, 1.807) is 0 Å². The molecule has 18 heavy (non-hydrogen) atoms. The summed E-state index contributed by atoms with van der Waals surface area (Å²) in [5, 5.41) is 0. The van der Waals surface area contributed by atoms with Crippen molar-refractivity contribution in [1.29, 1.82) is 0 Å². The molecule has 0 fully saturated rings. The summed E-state index contributed by atoms with van der Waals surface area (Å²) in [4.78, 5) is 0. The second kappa shape index (κ2) is 5.83. The van der Waals surface area contributed by atoms with E-state index in [0.717, 1.165) is 6.54 Å². The first-order valence-electron chi connectivity index (χ1n) is 6.35. The van der Waals surface area contributed by atoms with Crippen molar-refractivity contribution in [3.05, 3.63) is 54.1 Å². The van der Waals surface area contributed by atoms with Gasteiger partial charge in [-0.3, -0.25) is 0 Å². The third-order valence-corrected chi connectivity index (χ3v) is 2.75. The molecular formula is C15H21N2O+. The third-order valence-electron chi connectivity index (χ3n) is 2.75. The molecule has 2 aromatic rings. The van der Waals surface area contributed by atoms with Crippen LogP contribution in [0.15, 0.2) is 43.0 Å². The van der Waals surface area contributed by atoms with Crippen molar-refractivity contribution in [3.63, 3.8) is 0 Å². The van der Waals surface area contributed by atoms with E-state index in [1.807, 2.05) is 20.0 Å². The fourth-order valence-corrected chi connectivity index (χ4v) is 1.87. The van der Waals surface area contributed by atoms with Gasteiger partial charge in [0.2, 0.25) is 6.33 Å². The zero-order valence-corrected chi connectivity index (χ0v) is 11.3. The van der Waals surface area contributed by atoms with Gasteiger partial charge in [-0.25, -0.2) is 9.13 Å². The number of nitrogens with zero attached hydrogens (tertiary/aromatic N) is 2. The smallest absolute Gasteiger partial charge is 0.245 e. The van der Waals surface area contributed by atoms with Gasteiger partial charge in [0.15, 0.2) is 6.73 Å². The molecule has 1 aromatic carbocycles. The van der Waals surface area contributed by atoms with Gasteiger partial charge in [0.25, 0.3) is 0 Å². The van der Waals surface area contributed by atoms with Crippen LogP contribution in [-0.4, -0.2) is 10.7 Å². The highest BCUT2D eigenvalue weighted by atomic mass is 16.5. The highest BCUT2D eigenvalue weighted by molar-refractivity contribution is 5.21. The van der Waals surface area contributed by atoms with Crippen LogP contribution in [0.25, 0.3) is 0 Å². The Morgan fingerprint density at radius 2 is 2.17 bits per heavy atom. The summed E-state index contributed by atoms with van der Waals surface area (Å²) in [5.41, 5.74) is 2.62. The van der Waals surface area contributed by atoms with Crippen LogP contribution in [0.3, 0.4) is 0 Å². The summed E-state index contributed by atoms with van der Waals surface area (Å²) in [6.45, 7) is 7.72. The van der Waals surface area contributed by atoms with Crippen LogP contribution >= 0.6 is 0 Å². The summed E-state index contributed by atoms with van der Waals surface area (Å²) < 4.78 is 9.78. The molecule has 0 spiro atoms. The van der Waals surface area contributed by atoms with Crippen LogP contribution in [0.1, 0.15) is 25.0 Å². The number of rotatable bonds is 5. The van der Waals surface area contributed by atoms with Crippen LogP contribution in [0, 0.1) is 6.92 Å². The van der Waals surface area contributed by atoms with E-state index >= 15 is 0 Å². The molecule has 0 unspecified atom stereocenters. The maximum atomic E-state index is 5.56. The molecule has 3 nitrogen and oxygen atoms in total. The van der Waals surface area contributed by atoms with Gasteiger partial charge in [-0.15, -0.1) is 0 Å². The molecule has 3 heteroatoms. The van der Waals surface area contributed by atoms with E-state index in [2.05, 4.69) is 52.8 Å². The second-order valence-electron chi connectivity index (χ2n) is 4.93. The van der Waals surface area contributed by atoms with Gasteiger partial charge in [0.1, 0.15) is 18.9 Å². The monoisotopic (exact) mass is 245 g/mol. The Hall–Kier alpha value is -1.61. The first kappa shape index (κ1) is 12.8. The number of hydrogen-bond acceptors (Lipinski definition) is 1. The normalized spacial score (nSPS) is 11.1. The largest absolute Gasteiger partial charge is 0.339 e. The Morgan fingerprint density at radius 1 is 1.33 bits per heavy atom. The van der Waals surface area contributed by atoms with Crippen molar-refractivity contribution < 1.29 is 9.30 Å². The highest BCUT2D eigenvalue weighted by Gasteiger charge is 2.05. The molecule has 0 aliphatic rings. The molecule has 0 aliphatic heterocycles. The second-order valence-corrected chi connectivity index (χ2v) is 4.93. The van der Waals surface area contributed by atoms with Gasteiger partial charge in [0, 0.05) is 0 Å². The molecule has 1 heterocycles. The number of aromatic nitrogens is 2. The van der Waals surface area contributed by atoms with Crippen molar-refractivity contribution >= 4 is 0 Å². The lowest BCUT2D eigenvalue weighted by atomic mass is 10.1. The molecular weight excluding hydrogens is 224 g/mol. The predicted molar refractivity (Wildman–Crippen MR) is 71.1 cm³/mol. The van der Waals surface area contributed by atoms with Gasteiger partial charge in [-0.1, -0.05) is 29.8 Å². The minimum absolute atomic E-state index is 0.262. The summed E-state index contributed by atoms with van der Waals surface area (Å²) in [6.07, 6.45) is 6.45. The maximum Gasteiger partial charge on any atom is 0.245 e. The minimum atomic E-state index is 0.262. The van der Waals surface area contributed by atoms with Crippen LogP contribution in [0.2, 0.25) is 0 Å². The molecule has 2 rings (SSSR count). The van der Waals surface area contributed by atoms with E-state index in [-0.39, 0.29) is 6.10 Å². The first-order valence-corrected chi connectivity index (χ1v) is 6.35. The molecule has 0 saturated carbocycles. The molecule has 0 N–H and O–H groups in total. The molecule has 0 amide bonds. The maximum absolute atomic E-state index is 5.56. The van der Waals surface area contributed by atoms with Crippen LogP contribution < -0.4 is 4.57 Å². The van der Waals surface area contributed by atoms with Gasteiger partial charge >= 0.3 is 0 Å². The lowest BCUT2D eigenvalue weighted by Crippen LogP contribution is -2.31. The van der Waals surface area contributed by atoms with Gasteiger partial charge in [-0.05, 0) is 26.3 Å². The van der Waals surface area contributed by atoms with Crippen LogP contribution in [0.4, 0.5) is 0 Å². The molecule has 96 valence electrons. The lowest BCUT2D eigenvalue weighted by Gasteiger charge is -2.03. The van der Waals surface area contributed by atoms with E-state index in [0.29, 0.717) is 6.73 Å². The SMILES string of the molecule is Cc1cccc(C[n+]2ccn(COC(C)C)c2)c1. The topological polar surface area (TPSA) is 18.0 Å². The Morgan fingerprint density at radius 3 is 2.89 bits per heavy atom. The first-order chi connectivity index (χ1) is 8.63. The molecule has 0 atom stereocenters. The van der Waals surface area contributed by atoms with Crippen molar-refractivity contribution in [2.24, 2.45) is 0 Å². The van der Waals surface area contributed by atoms with Crippen LogP contribution in [0.5, 0.6) is 0 Å². The summed E-state index contributed by atoms with van der Waals surface area (Å²) in [5.74, 6) is 0. The number of hydrogen-bond donors (Lipinski definition) is 0. The minimum Gasteiger partial charge on any atom is -0.339 e. The average molecular weight is 245 g/mol. The Labute approximate surface area is 109 Å². The summed E-state index contributed by atoms with van der Waals surface area (Å²) in [7, 11) is 0. The number of imidazole rings is 1. The zero-order valence-electron chi connectivity index (χ0n) is 11.3. The molecule has 0 saturated heterocycles. The molecule has 0 aliphatic carbocycles. The fraction of sp³-hybridized carbons (Fsp3) is 0.400. The van der Waals surface area contributed by atoms with Crippen molar-refractivity contribution in [1.82, 2.24) is 4.57 Å². The van der Waals surface area contributed by atoms with Crippen molar-refractivity contribution in [2.75, 3.05) is 0 Å². The average Bonchev–Trinajstić information content (AvgIpc) is 2.74. The molecule has 0 radical (unpaired) electrons. The Balaban J connectivity index is 1.98. The summed E-state index contributed by atoms with van der Waals surface area (Å²) >= 11 is 0. The van der Waals surface area contributed by atoms with Gasteiger partial charge < -0.3 is 4.74 Å². The lowest BCUT2D eigenvalue weighted by molar-refractivity contribution is -0.688. The van der Waals surface area contributed by atoms with Crippen LogP contribution in [-0.2, 0) is 18.0 Å². The number of aryl methyl sites for hydroxylation is 1. The standard InChI is InChI=1S/C15H21N2O/c1-13(2)18-12-17-8-7-16(11-17)10-15-6-4-5-14(3)9-15/h4-9,11,13H,10,12H2,1-3H3/q+1. The number of benzene rings is 1. The van der Waals surface area contributed by atoms with E-state index in [4.69, 9.17) is 4.74 Å². The fourth-order valence-electron chi connectivity index (χ4n) is 1.87. The van der Waals surface area contributed by atoms with Gasteiger partial charge in [0.05, 0.1) is 6.10 Å². The van der Waals surface area contributed by atoms with Gasteiger partial charge in [-0.2, -0.15) is 0 Å².